The van der Waals surface area contributed by atoms with Gasteiger partial charge in [-0.1, -0.05) is 18.2 Å². The highest BCUT2D eigenvalue weighted by atomic mass is 16.5. The van der Waals surface area contributed by atoms with E-state index in [1.807, 2.05) is 18.3 Å². The molecule has 2 aliphatic rings. The number of rotatable bonds is 4. The van der Waals surface area contributed by atoms with Crippen molar-refractivity contribution in [3.05, 3.63) is 59.8 Å². The number of ether oxygens (including phenoxy) is 1. The molecule has 1 atom stereocenters. The molecule has 5 rings (SSSR count). The second kappa shape index (κ2) is 6.82. The van der Waals surface area contributed by atoms with Gasteiger partial charge in [-0.05, 0) is 49.7 Å². The van der Waals surface area contributed by atoms with Crippen molar-refractivity contribution in [1.82, 2.24) is 15.3 Å². The van der Waals surface area contributed by atoms with Gasteiger partial charge >= 0.3 is 0 Å². The van der Waals surface area contributed by atoms with E-state index in [0.717, 1.165) is 49.8 Å². The Hall–Kier alpha value is -2.66. The number of nitrogens with zero attached hydrogens (tertiary/aromatic N) is 3. The summed E-state index contributed by atoms with van der Waals surface area (Å²) in [6.45, 7) is 5.88. The van der Waals surface area contributed by atoms with Crippen LogP contribution in [0.5, 0.6) is 5.88 Å². The van der Waals surface area contributed by atoms with Crippen LogP contribution in [-0.4, -0.2) is 42.3 Å². The molecule has 5 heteroatoms. The van der Waals surface area contributed by atoms with Gasteiger partial charge in [0.25, 0.3) is 0 Å². The Bertz CT molecular complexity index is 961. The van der Waals surface area contributed by atoms with Gasteiger partial charge in [0.2, 0.25) is 5.88 Å². The first-order valence-electron chi connectivity index (χ1n) is 9.71. The number of para-hydroxylation sites is 1. The number of hydrogen-bond acceptors (Lipinski definition) is 5. The monoisotopic (exact) mass is 360 g/mol. The van der Waals surface area contributed by atoms with E-state index in [1.54, 1.807) is 0 Å². The summed E-state index contributed by atoms with van der Waals surface area (Å²) in [5.41, 5.74) is 3.48. The molecule has 3 aromatic rings. The van der Waals surface area contributed by atoms with Crippen molar-refractivity contribution in [3.63, 3.8) is 0 Å². The summed E-state index contributed by atoms with van der Waals surface area (Å²) in [4.78, 5) is 11.6. The highest BCUT2D eigenvalue weighted by molar-refractivity contribution is 5.80. The number of aromatic nitrogens is 2. The summed E-state index contributed by atoms with van der Waals surface area (Å²) in [7, 11) is 0. The molecule has 27 heavy (non-hydrogen) atoms. The molecule has 0 radical (unpaired) electrons. The lowest BCUT2D eigenvalue weighted by molar-refractivity contribution is 0.157. The van der Waals surface area contributed by atoms with Crippen molar-refractivity contribution in [3.8, 4) is 5.88 Å². The summed E-state index contributed by atoms with van der Waals surface area (Å²) >= 11 is 0. The van der Waals surface area contributed by atoms with Crippen LogP contribution in [0.2, 0.25) is 0 Å². The SMILES string of the molecule is Cc1cnc(OC2CN(c3ccc4ccccc4n3)C2)c(C2CCNC2)c1. The molecule has 4 heterocycles. The van der Waals surface area contributed by atoms with Crippen molar-refractivity contribution in [1.29, 1.82) is 0 Å². The van der Waals surface area contributed by atoms with E-state index in [2.05, 4.69) is 52.5 Å². The van der Waals surface area contributed by atoms with Crippen LogP contribution in [0.1, 0.15) is 23.5 Å². The Morgan fingerprint density at radius 2 is 2.04 bits per heavy atom. The summed E-state index contributed by atoms with van der Waals surface area (Å²) < 4.78 is 6.28. The summed E-state index contributed by atoms with van der Waals surface area (Å²) in [5.74, 6) is 2.33. The molecule has 1 unspecified atom stereocenters. The Balaban J connectivity index is 1.28. The van der Waals surface area contributed by atoms with Gasteiger partial charge in [0, 0.05) is 29.6 Å². The van der Waals surface area contributed by atoms with Gasteiger partial charge in [-0.3, -0.25) is 0 Å². The molecule has 0 saturated carbocycles. The molecular formula is C22H24N4O. The number of fused-ring (bicyclic) bond motifs is 1. The van der Waals surface area contributed by atoms with Crippen LogP contribution in [0.3, 0.4) is 0 Å². The normalized spacial score (nSPS) is 20.0. The fourth-order valence-electron chi connectivity index (χ4n) is 3.98. The Morgan fingerprint density at radius 3 is 2.89 bits per heavy atom. The van der Waals surface area contributed by atoms with Crippen molar-refractivity contribution in [2.75, 3.05) is 31.1 Å². The number of nitrogens with one attached hydrogen (secondary N) is 1. The number of benzene rings is 1. The van der Waals surface area contributed by atoms with E-state index in [4.69, 9.17) is 9.72 Å². The third-order valence-corrected chi connectivity index (χ3v) is 5.55. The van der Waals surface area contributed by atoms with Gasteiger partial charge < -0.3 is 15.0 Å². The van der Waals surface area contributed by atoms with Crippen LogP contribution >= 0.6 is 0 Å². The summed E-state index contributed by atoms with van der Waals surface area (Å²) in [6.07, 6.45) is 3.23. The molecule has 0 spiro atoms. The molecule has 138 valence electrons. The molecule has 2 aromatic heterocycles. The maximum Gasteiger partial charge on any atom is 0.217 e. The number of aryl methyl sites for hydroxylation is 1. The number of pyridine rings is 2. The summed E-state index contributed by atoms with van der Waals surface area (Å²) in [6, 6.07) is 14.7. The summed E-state index contributed by atoms with van der Waals surface area (Å²) in [5, 5.41) is 4.62. The third kappa shape index (κ3) is 3.23. The Labute approximate surface area is 159 Å². The lowest BCUT2D eigenvalue weighted by atomic mass is 9.98. The molecule has 0 bridgehead atoms. The van der Waals surface area contributed by atoms with E-state index in [-0.39, 0.29) is 6.10 Å². The average molecular weight is 360 g/mol. The first-order valence-corrected chi connectivity index (χ1v) is 9.71. The molecule has 0 amide bonds. The van der Waals surface area contributed by atoms with Crippen LogP contribution in [0.4, 0.5) is 5.82 Å². The molecule has 0 aliphatic carbocycles. The van der Waals surface area contributed by atoms with Crippen molar-refractivity contribution >= 4 is 16.7 Å². The predicted molar refractivity (Wildman–Crippen MR) is 108 cm³/mol. The van der Waals surface area contributed by atoms with Crippen LogP contribution in [-0.2, 0) is 0 Å². The number of hydrogen-bond donors (Lipinski definition) is 1. The number of anilines is 1. The van der Waals surface area contributed by atoms with Crippen LogP contribution < -0.4 is 15.0 Å². The van der Waals surface area contributed by atoms with Gasteiger partial charge in [-0.2, -0.15) is 0 Å². The fourth-order valence-corrected chi connectivity index (χ4v) is 3.98. The Morgan fingerprint density at radius 1 is 1.15 bits per heavy atom. The van der Waals surface area contributed by atoms with Crippen molar-refractivity contribution < 1.29 is 4.74 Å². The highest BCUT2D eigenvalue weighted by Gasteiger charge is 2.31. The molecule has 1 N–H and O–H groups in total. The molecular weight excluding hydrogens is 336 g/mol. The first-order chi connectivity index (χ1) is 13.3. The largest absolute Gasteiger partial charge is 0.470 e. The van der Waals surface area contributed by atoms with Gasteiger partial charge in [0.05, 0.1) is 18.6 Å². The van der Waals surface area contributed by atoms with Gasteiger partial charge in [-0.25, -0.2) is 9.97 Å². The van der Waals surface area contributed by atoms with E-state index >= 15 is 0 Å². The first kappa shape index (κ1) is 16.5. The zero-order chi connectivity index (χ0) is 18.2. The topological polar surface area (TPSA) is 50.3 Å². The smallest absolute Gasteiger partial charge is 0.217 e. The lowest BCUT2D eigenvalue weighted by Crippen LogP contribution is -2.54. The molecule has 1 aromatic carbocycles. The Kier molecular flexibility index (Phi) is 4.17. The van der Waals surface area contributed by atoms with Gasteiger partial charge in [0.1, 0.15) is 11.9 Å². The maximum atomic E-state index is 6.28. The third-order valence-electron chi connectivity index (χ3n) is 5.55. The maximum absolute atomic E-state index is 6.28. The van der Waals surface area contributed by atoms with Crippen molar-refractivity contribution in [2.24, 2.45) is 0 Å². The molecule has 5 nitrogen and oxygen atoms in total. The van der Waals surface area contributed by atoms with Crippen LogP contribution in [0.15, 0.2) is 48.7 Å². The fraction of sp³-hybridized carbons (Fsp3) is 0.364. The zero-order valence-corrected chi connectivity index (χ0v) is 15.6. The van der Waals surface area contributed by atoms with Gasteiger partial charge in [0.15, 0.2) is 0 Å². The minimum atomic E-state index is 0.168. The quantitative estimate of drug-likeness (QED) is 0.774. The highest BCUT2D eigenvalue weighted by Crippen LogP contribution is 2.32. The minimum Gasteiger partial charge on any atom is -0.470 e. The van der Waals surface area contributed by atoms with Crippen LogP contribution in [0.25, 0.3) is 10.9 Å². The van der Waals surface area contributed by atoms with E-state index in [1.165, 1.54) is 16.5 Å². The second-order valence-electron chi connectivity index (χ2n) is 7.60. The molecule has 2 saturated heterocycles. The molecule has 2 fully saturated rings. The molecule has 2 aliphatic heterocycles. The second-order valence-corrected chi connectivity index (χ2v) is 7.60. The van der Waals surface area contributed by atoms with Crippen molar-refractivity contribution in [2.45, 2.75) is 25.4 Å². The predicted octanol–water partition coefficient (Wildman–Crippen LogP) is 3.28. The minimum absolute atomic E-state index is 0.168. The van der Waals surface area contributed by atoms with Crippen LogP contribution in [0, 0.1) is 6.92 Å². The lowest BCUT2D eigenvalue weighted by Gasteiger charge is -2.40. The van der Waals surface area contributed by atoms with Gasteiger partial charge in [-0.15, -0.1) is 0 Å². The average Bonchev–Trinajstić information content (AvgIpc) is 3.19. The zero-order valence-electron chi connectivity index (χ0n) is 15.6. The van der Waals surface area contributed by atoms with E-state index < -0.39 is 0 Å². The van der Waals surface area contributed by atoms with E-state index in [0.29, 0.717) is 5.92 Å². The standard InChI is InChI=1S/C22H24N4O/c1-15-10-19(17-8-9-23-12-17)22(24-11-15)27-18-13-26(14-18)21-7-6-16-4-2-3-5-20(16)25-21/h2-7,10-11,17-18,23H,8-9,12-14H2,1H3. The van der Waals surface area contributed by atoms with E-state index in [9.17, 15) is 0 Å².